The molecule has 1 aromatic carbocycles. The van der Waals surface area contributed by atoms with Gasteiger partial charge in [-0.25, -0.2) is 4.98 Å². The number of amides is 1. The number of nitrogens with zero attached hydrogens (tertiary/aromatic N) is 1. The number of nitrogen functional groups attached to an aromatic ring is 1. The second kappa shape index (κ2) is 5.13. The van der Waals surface area contributed by atoms with Crippen molar-refractivity contribution in [3.63, 3.8) is 0 Å². The molecule has 0 unspecified atom stereocenters. The van der Waals surface area contributed by atoms with Gasteiger partial charge in [-0.1, -0.05) is 30.3 Å². The third-order valence-corrected chi connectivity index (χ3v) is 3.24. The standard InChI is InChI=1S/C16H14N4O/c17-14-7-6-12-11(9-19-16(12)20-14)8-13(15(18)21)10-4-2-1-3-5-10/h1-9H,(H2,18,21)(H3,17,19,20)/b13-8+. The number of carbonyl (C=O) groups is 1. The number of rotatable bonds is 3. The molecule has 3 aromatic rings. The minimum Gasteiger partial charge on any atom is -0.384 e. The maximum absolute atomic E-state index is 11.7. The van der Waals surface area contributed by atoms with Crippen molar-refractivity contribution in [1.29, 1.82) is 0 Å². The Kier molecular flexibility index (Phi) is 3.16. The molecule has 0 saturated carbocycles. The number of nitrogens with one attached hydrogen (secondary N) is 1. The van der Waals surface area contributed by atoms with E-state index in [0.717, 1.165) is 16.5 Å². The van der Waals surface area contributed by atoms with Crippen molar-refractivity contribution in [3.8, 4) is 0 Å². The Hall–Kier alpha value is -3.08. The average molecular weight is 278 g/mol. The first-order chi connectivity index (χ1) is 10.1. The highest BCUT2D eigenvalue weighted by atomic mass is 16.1. The number of nitrogens with two attached hydrogens (primary N) is 2. The molecule has 0 radical (unpaired) electrons. The molecule has 104 valence electrons. The van der Waals surface area contributed by atoms with Crippen LogP contribution in [0, 0.1) is 0 Å². The van der Waals surface area contributed by atoms with Crippen LogP contribution in [0.4, 0.5) is 5.82 Å². The summed E-state index contributed by atoms with van der Waals surface area (Å²) in [6.07, 6.45) is 3.54. The van der Waals surface area contributed by atoms with Crippen molar-refractivity contribution in [2.24, 2.45) is 5.73 Å². The summed E-state index contributed by atoms with van der Waals surface area (Å²) < 4.78 is 0. The normalized spacial score (nSPS) is 11.7. The van der Waals surface area contributed by atoms with Gasteiger partial charge in [0.2, 0.25) is 5.91 Å². The Morgan fingerprint density at radius 2 is 1.90 bits per heavy atom. The summed E-state index contributed by atoms with van der Waals surface area (Å²) in [4.78, 5) is 19.0. The fraction of sp³-hybridized carbons (Fsp3) is 0. The molecule has 2 aromatic heterocycles. The Bertz CT molecular complexity index is 834. The highest BCUT2D eigenvalue weighted by Crippen LogP contribution is 2.23. The van der Waals surface area contributed by atoms with Crippen LogP contribution in [0.5, 0.6) is 0 Å². The van der Waals surface area contributed by atoms with Gasteiger partial charge in [0.15, 0.2) is 0 Å². The first-order valence-corrected chi connectivity index (χ1v) is 6.45. The van der Waals surface area contributed by atoms with Crippen LogP contribution in [0.2, 0.25) is 0 Å². The molecule has 0 bridgehead atoms. The summed E-state index contributed by atoms with van der Waals surface area (Å²) in [6.45, 7) is 0. The molecule has 0 saturated heterocycles. The number of H-pyrrole nitrogens is 1. The number of aromatic amines is 1. The van der Waals surface area contributed by atoms with Crippen LogP contribution in [0.1, 0.15) is 11.1 Å². The molecule has 0 aliphatic heterocycles. The summed E-state index contributed by atoms with van der Waals surface area (Å²) in [7, 11) is 0. The largest absolute Gasteiger partial charge is 0.384 e. The summed E-state index contributed by atoms with van der Waals surface area (Å²) in [6, 6.07) is 12.9. The summed E-state index contributed by atoms with van der Waals surface area (Å²) >= 11 is 0. The van der Waals surface area contributed by atoms with Crippen LogP contribution in [0.15, 0.2) is 48.7 Å². The number of anilines is 1. The van der Waals surface area contributed by atoms with Crippen LogP contribution in [0.3, 0.4) is 0 Å². The molecule has 0 fully saturated rings. The minimum atomic E-state index is -0.473. The lowest BCUT2D eigenvalue weighted by Gasteiger charge is -2.03. The number of fused-ring (bicyclic) bond motifs is 1. The van der Waals surface area contributed by atoms with E-state index in [1.165, 1.54) is 0 Å². The van der Waals surface area contributed by atoms with Gasteiger partial charge in [0.1, 0.15) is 11.5 Å². The van der Waals surface area contributed by atoms with Gasteiger partial charge in [0.05, 0.1) is 0 Å². The number of primary amides is 1. The van der Waals surface area contributed by atoms with Crippen molar-refractivity contribution >= 4 is 34.4 Å². The predicted octanol–water partition coefficient (Wildman–Crippen LogP) is 2.17. The number of benzene rings is 1. The van der Waals surface area contributed by atoms with E-state index in [-0.39, 0.29) is 0 Å². The molecule has 1 amide bonds. The molecule has 0 spiro atoms. The van der Waals surface area contributed by atoms with E-state index in [4.69, 9.17) is 11.5 Å². The molecule has 0 aliphatic carbocycles. The van der Waals surface area contributed by atoms with Crippen molar-refractivity contribution in [2.45, 2.75) is 0 Å². The molecule has 5 N–H and O–H groups in total. The van der Waals surface area contributed by atoms with Crippen LogP contribution < -0.4 is 11.5 Å². The Morgan fingerprint density at radius 1 is 1.14 bits per heavy atom. The van der Waals surface area contributed by atoms with E-state index in [9.17, 15) is 4.79 Å². The third kappa shape index (κ3) is 2.49. The lowest BCUT2D eigenvalue weighted by molar-refractivity contribution is -0.112. The van der Waals surface area contributed by atoms with E-state index >= 15 is 0 Å². The van der Waals surface area contributed by atoms with Crippen LogP contribution in [-0.4, -0.2) is 15.9 Å². The molecular weight excluding hydrogens is 264 g/mol. The maximum atomic E-state index is 11.7. The van der Waals surface area contributed by atoms with Gasteiger partial charge >= 0.3 is 0 Å². The zero-order chi connectivity index (χ0) is 14.8. The Labute approximate surface area is 121 Å². The number of pyridine rings is 1. The zero-order valence-corrected chi connectivity index (χ0v) is 11.2. The molecule has 3 rings (SSSR count). The lowest BCUT2D eigenvalue weighted by atomic mass is 10.0. The fourth-order valence-corrected chi connectivity index (χ4v) is 2.23. The van der Waals surface area contributed by atoms with E-state index in [1.54, 1.807) is 18.3 Å². The quantitative estimate of drug-likeness (QED) is 0.640. The molecule has 5 heteroatoms. The number of aromatic nitrogens is 2. The number of carbonyl (C=O) groups excluding carboxylic acids is 1. The van der Waals surface area contributed by atoms with Crippen molar-refractivity contribution in [1.82, 2.24) is 9.97 Å². The predicted molar refractivity (Wildman–Crippen MR) is 84.0 cm³/mol. The van der Waals surface area contributed by atoms with E-state index in [2.05, 4.69) is 9.97 Å². The van der Waals surface area contributed by atoms with Gasteiger partial charge in [0, 0.05) is 22.7 Å². The van der Waals surface area contributed by atoms with Crippen molar-refractivity contribution < 1.29 is 4.79 Å². The molecule has 2 heterocycles. The average Bonchev–Trinajstić information content (AvgIpc) is 2.87. The van der Waals surface area contributed by atoms with Crippen LogP contribution >= 0.6 is 0 Å². The van der Waals surface area contributed by atoms with Crippen LogP contribution in [-0.2, 0) is 4.79 Å². The molecule has 0 atom stereocenters. The smallest absolute Gasteiger partial charge is 0.249 e. The second-order valence-electron chi connectivity index (χ2n) is 4.66. The minimum absolute atomic E-state index is 0.443. The highest BCUT2D eigenvalue weighted by Gasteiger charge is 2.10. The third-order valence-electron chi connectivity index (χ3n) is 3.24. The number of hydrogen-bond acceptors (Lipinski definition) is 3. The van der Waals surface area contributed by atoms with E-state index < -0.39 is 5.91 Å². The molecule has 5 nitrogen and oxygen atoms in total. The van der Waals surface area contributed by atoms with Gasteiger partial charge in [-0.05, 0) is 23.8 Å². The topological polar surface area (TPSA) is 97.8 Å². The summed E-state index contributed by atoms with van der Waals surface area (Å²) in [5.74, 6) is -0.0305. The number of hydrogen-bond donors (Lipinski definition) is 3. The summed E-state index contributed by atoms with van der Waals surface area (Å²) in [5, 5.41) is 0.888. The first kappa shape index (κ1) is 12.9. The van der Waals surface area contributed by atoms with E-state index in [0.29, 0.717) is 17.0 Å². The monoisotopic (exact) mass is 278 g/mol. The Balaban J connectivity index is 2.14. The lowest BCUT2D eigenvalue weighted by Crippen LogP contribution is -2.12. The van der Waals surface area contributed by atoms with Gasteiger partial charge in [-0.2, -0.15) is 0 Å². The van der Waals surface area contributed by atoms with Crippen LogP contribution in [0.25, 0.3) is 22.7 Å². The van der Waals surface area contributed by atoms with Gasteiger partial charge in [-0.3, -0.25) is 4.79 Å². The van der Waals surface area contributed by atoms with Crippen molar-refractivity contribution in [3.05, 3.63) is 59.8 Å². The first-order valence-electron chi connectivity index (χ1n) is 6.45. The molecular formula is C16H14N4O. The Morgan fingerprint density at radius 3 is 2.62 bits per heavy atom. The van der Waals surface area contributed by atoms with Gasteiger partial charge < -0.3 is 16.5 Å². The van der Waals surface area contributed by atoms with Gasteiger partial charge in [0.25, 0.3) is 0 Å². The van der Waals surface area contributed by atoms with Gasteiger partial charge in [-0.15, -0.1) is 0 Å². The van der Waals surface area contributed by atoms with E-state index in [1.807, 2.05) is 36.4 Å². The molecule has 21 heavy (non-hydrogen) atoms. The zero-order valence-electron chi connectivity index (χ0n) is 11.2. The maximum Gasteiger partial charge on any atom is 0.249 e. The fourth-order valence-electron chi connectivity index (χ4n) is 2.23. The van der Waals surface area contributed by atoms with Crippen molar-refractivity contribution in [2.75, 3.05) is 5.73 Å². The molecule has 0 aliphatic rings. The summed E-state index contributed by atoms with van der Waals surface area (Å²) in [5.41, 5.74) is 13.9. The highest BCUT2D eigenvalue weighted by molar-refractivity contribution is 6.24. The second-order valence-corrected chi connectivity index (χ2v) is 4.66. The SMILES string of the molecule is NC(=O)/C(=C/c1c[nH]c2nc(N)ccc12)c1ccccc1.